The van der Waals surface area contributed by atoms with Gasteiger partial charge >= 0.3 is 0 Å². The standard InChI is InChI=1S/C18H24N2O/c1-13(2)14(3)19-18(21)12-20(4)17-10-9-15-7-5-6-8-16(15)11-17/h5-11,13-14H,12H2,1-4H3,(H,19,21)/t14-/m0/s1. The zero-order chi connectivity index (χ0) is 15.4. The molecule has 0 saturated carbocycles. The summed E-state index contributed by atoms with van der Waals surface area (Å²) in [6, 6.07) is 14.7. The zero-order valence-corrected chi connectivity index (χ0v) is 13.3. The summed E-state index contributed by atoms with van der Waals surface area (Å²) in [5, 5.41) is 5.44. The van der Waals surface area contributed by atoms with Crippen LogP contribution in [0.15, 0.2) is 42.5 Å². The first-order valence-electron chi connectivity index (χ1n) is 7.46. The van der Waals surface area contributed by atoms with Crippen LogP contribution in [-0.4, -0.2) is 25.5 Å². The van der Waals surface area contributed by atoms with Crippen molar-refractivity contribution in [2.45, 2.75) is 26.8 Å². The number of carbonyl (C=O) groups excluding carboxylic acids is 1. The number of fused-ring (bicyclic) bond motifs is 1. The van der Waals surface area contributed by atoms with Gasteiger partial charge in [-0.1, -0.05) is 44.2 Å². The first kappa shape index (κ1) is 15.4. The number of benzene rings is 2. The van der Waals surface area contributed by atoms with Crippen LogP contribution in [0.2, 0.25) is 0 Å². The van der Waals surface area contributed by atoms with E-state index in [-0.39, 0.29) is 11.9 Å². The molecule has 0 aliphatic heterocycles. The van der Waals surface area contributed by atoms with Crippen LogP contribution < -0.4 is 10.2 Å². The van der Waals surface area contributed by atoms with Gasteiger partial charge in [0.15, 0.2) is 0 Å². The maximum atomic E-state index is 12.1. The number of nitrogens with one attached hydrogen (secondary N) is 1. The van der Waals surface area contributed by atoms with E-state index < -0.39 is 0 Å². The van der Waals surface area contributed by atoms with Crippen LogP contribution >= 0.6 is 0 Å². The van der Waals surface area contributed by atoms with Crippen LogP contribution in [0.5, 0.6) is 0 Å². The Morgan fingerprint density at radius 1 is 1.10 bits per heavy atom. The number of nitrogens with zero attached hydrogens (tertiary/aromatic N) is 1. The van der Waals surface area contributed by atoms with Gasteiger partial charge in [0.2, 0.25) is 5.91 Å². The highest BCUT2D eigenvalue weighted by atomic mass is 16.2. The Morgan fingerprint density at radius 3 is 2.43 bits per heavy atom. The minimum atomic E-state index is 0.0619. The van der Waals surface area contributed by atoms with Crippen molar-refractivity contribution in [3.05, 3.63) is 42.5 Å². The number of rotatable bonds is 5. The van der Waals surface area contributed by atoms with Crippen molar-refractivity contribution in [3.63, 3.8) is 0 Å². The molecule has 0 bridgehead atoms. The molecule has 21 heavy (non-hydrogen) atoms. The summed E-state index contributed by atoms with van der Waals surface area (Å²) < 4.78 is 0. The Kier molecular flexibility index (Phi) is 4.84. The van der Waals surface area contributed by atoms with E-state index in [0.29, 0.717) is 12.5 Å². The summed E-state index contributed by atoms with van der Waals surface area (Å²) in [5.74, 6) is 0.506. The molecule has 1 N–H and O–H groups in total. The van der Waals surface area contributed by atoms with Gasteiger partial charge in [-0.3, -0.25) is 4.79 Å². The van der Waals surface area contributed by atoms with E-state index in [9.17, 15) is 4.79 Å². The lowest BCUT2D eigenvalue weighted by Gasteiger charge is -2.22. The highest BCUT2D eigenvalue weighted by Gasteiger charge is 2.13. The van der Waals surface area contributed by atoms with E-state index in [1.807, 2.05) is 31.0 Å². The summed E-state index contributed by atoms with van der Waals surface area (Å²) in [4.78, 5) is 14.0. The fourth-order valence-corrected chi connectivity index (χ4v) is 2.19. The van der Waals surface area contributed by atoms with Gasteiger partial charge in [0.1, 0.15) is 0 Å². The molecule has 0 aliphatic rings. The molecule has 0 heterocycles. The summed E-state index contributed by atoms with van der Waals surface area (Å²) in [5.41, 5.74) is 1.06. The van der Waals surface area contributed by atoms with Crippen LogP contribution in [0.25, 0.3) is 10.8 Å². The van der Waals surface area contributed by atoms with Gasteiger partial charge in [-0.25, -0.2) is 0 Å². The third kappa shape index (κ3) is 3.97. The van der Waals surface area contributed by atoms with E-state index in [1.54, 1.807) is 0 Å². The average molecular weight is 284 g/mol. The number of amides is 1. The minimum absolute atomic E-state index is 0.0619. The van der Waals surface area contributed by atoms with E-state index in [4.69, 9.17) is 0 Å². The molecule has 0 spiro atoms. The minimum Gasteiger partial charge on any atom is -0.365 e. The van der Waals surface area contributed by atoms with Crippen molar-refractivity contribution < 1.29 is 4.79 Å². The molecule has 2 aromatic rings. The molecule has 0 unspecified atom stereocenters. The first-order valence-corrected chi connectivity index (χ1v) is 7.46. The highest BCUT2D eigenvalue weighted by Crippen LogP contribution is 2.21. The Labute approximate surface area is 127 Å². The molecular weight excluding hydrogens is 260 g/mol. The van der Waals surface area contributed by atoms with Gasteiger partial charge in [-0.05, 0) is 35.7 Å². The molecule has 0 fully saturated rings. The molecule has 112 valence electrons. The molecule has 3 nitrogen and oxygen atoms in total. The highest BCUT2D eigenvalue weighted by molar-refractivity contribution is 5.87. The van der Waals surface area contributed by atoms with Gasteiger partial charge in [0, 0.05) is 18.8 Å². The molecule has 0 aromatic heterocycles. The zero-order valence-electron chi connectivity index (χ0n) is 13.3. The molecule has 0 radical (unpaired) electrons. The molecule has 2 aromatic carbocycles. The van der Waals surface area contributed by atoms with Gasteiger partial charge < -0.3 is 10.2 Å². The molecule has 2 rings (SSSR count). The second kappa shape index (κ2) is 6.61. The third-order valence-electron chi connectivity index (χ3n) is 3.94. The van der Waals surface area contributed by atoms with Crippen LogP contribution in [0.1, 0.15) is 20.8 Å². The Morgan fingerprint density at radius 2 is 1.76 bits per heavy atom. The smallest absolute Gasteiger partial charge is 0.239 e. The largest absolute Gasteiger partial charge is 0.365 e. The maximum absolute atomic E-state index is 12.1. The summed E-state index contributed by atoms with van der Waals surface area (Å²) >= 11 is 0. The monoisotopic (exact) mass is 284 g/mol. The van der Waals surface area contributed by atoms with Crippen LogP contribution in [-0.2, 0) is 4.79 Å². The number of anilines is 1. The topological polar surface area (TPSA) is 32.3 Å². The van der Waals surface area contributed by atoms with Crippen molar-refractivity contribution in [2.24, 2.45) is 5.92 Å². The first-order chi connectivity index (χ1) is 9.97. The number of hydrogen-bond donors (Lipinski definition) is 1. The van der Waals surface area contributed by atoms with Crippen LogP contribution in [0, 0.1) is 5.92 Å². The van der Waals surface area contributed by atoms with Crippen LogP contribution in [0.3, 0.4) is 0 Å². The molecule has 3 heteroatoms. The van der Waals surface area contributed by atoms with Crippen molar-refractivity contribution >= 4 is 22.4 Å². The summed E-state index contributed by atoms with van der Waals surface area (Å²) in [7, 11) is 1.95. The predicted molar refractivity (Wildman–Crippen MR) is 89.7 cm³/mol. The van der Waals surface area contributed by atoms with Gasteiger partial charge in [-0.2, -0.15) is 0 Å². The second-order valence-electron chi connectivity index (χ2n) is 5.99. The molecule has 0 saturated heterocycles. The fraction of sp³-hybridized carbons (Fsp3) is 0.389. The maximum Gasteiger partial charge on any atom is 0.239 e. The molecule has 1 amide bonds. The third-order valence-corrected chi connectivity index (χ3v) is 3.94. The number of carbonyl (C=O) groups is 1. The fourth-order valence-electron chi connectivity index (χ4n) is 2.19. The van der Waals surface area contributed by atoms with E-state index in [2.05, 4.69) is 49.5 Å². The lowest BCUT2D eigenvalue weighted by molar-refractivity contribution is -0.120. The van der Waals surface area contributed by atoms with E-state index in [0.717, 1.165) is 5.69 Å². The molecule has 1 atom stereocenters. The summed E-state index contributed by atoms with van der Waals surface area (Å²) in [6.45, 7) is 6.63. The number of likely N-dealkylation sites (N-methyl/N-ethyl adjacent to an activating group) is 1. The Balaban J connectivity index is 2.04. The molecular formula is C18H24N2O. The average Bonchev–Trinajstić information content (AvgIpc) is 2.46. The Hall–Kier alpha value is -2.03. The van der Waals surface area contributed by atoms with Crippen molar-refractivity contribution in [2.75, 3.05) is 18.5 Å². The second-order valence-corrected chi connectivity index (χ2v) is 5.99. The van der Waals surface area contributed by atoms with Crippen molar-refractivity contribution in [1.29, 1.82) is 0 Å². The predicted octanol–water partition coefficient (Wildman–Crippen LogP) is 3.44. The van der Waals surface area contributed by atoms with Gasteiger partial charge in [0.05, 0.1) is 6.54 Å². The van der Waals surface area contributed by atoms with Crippen molar-refractivity contribution in [1.82, 2.24) is 5.32 Å². The quantitative estimate of drug-likeness (QED) is 0.912. The van der Waals surface area contributed by atoms with Gasteiger partial charge in [0.25, 0.3) is 0 Å². The SMILES string of the molecule is CC(C)[C@H](C)NC(=O)CN(C)c1ccc2ccccc2c1. The van der Waals surface area contributed by atoms with E-state index >= 15 is 0 Å². The van der Waals surface area contributed by atoms with Crippen LogP contribution in [0.4, 0.5) is 5.69 Å². The molecule has 0 aliphatic carbocycles. The lowest BCUT2D eigenvalue weighted by atomic mass is 10.1. The van der Waals surface area contributed by atoms with E-state index in [1.165, 1.54) is 10.8 Å². The normalized spacial score (nSPS) is 12.4. The summed E-state index contributed by atoms with van der Waals surface area (Å²) in [6.07, 6.45) is 0. The Bertz CT molecular complexity index is 621. The van der Waals surface area contributed by atoms with Crippen molar-refractivity contribution in [3.8, 4) is 0 Å². The van der Waals surface area contributed by atoms with Gasteiger partial charge in [-0.15, -0.1) is 0 Å². The lowest BCUT2D eigenvalue weighted by Crippen LogP contribution is -2.41. The number of hydrogen-bond acceptors (Lipinski definition) is 2.